The molecule has 1 aromatic heterocycles. The molecule has 3 rings (SSSR count). The lowest BCUT2D eigenvalue weighted by Crippen LogP contribution is -2.26. The molecule has 2 N–H and O–H groups in total. The van der Waals surface area contributed by atoms with E-state index in [-0.39, 0.29) is 11.4 Å². The number of hydrazone groups is 2. The molecule has 0 bridgehead atoms. The van der Waals surface area contributed by atoms with Crippen LogP contribution in [0.15, 0.2) is 67.4 Å². The van der Waals surface area contributed by atoms with E-state index >= 15 is 0 Å². The number of aromatic nitrogens is 2. The summed E-state index contributed by atoms with van der Waals surface area (Å²) in [6.07, 6.45) is 2.62. The van der Waals surface area contributed by atoms with Crippen LogP contribution >= 0.6 is 34.9 Å². The Balaban J connectivity index is 1.46. The van der Waals surface area contributed by atoms with Crippen molar-refractivity contribution in [1.29, 1.82) is 0 Å². The fourth-order valence-electron chi connectivity index (χ4n) is 2.66. The van der Waals surface area contributed by atoms with Gasteiger partial charge in [-0.3, -0.25) is 29.8 Å². The highest BCUT2D eigenvalue weighted by atomic mass is 32.2. The van der Waals surface area contributed by atoms with Gasteiger partial charge in [0.25, 0.3) is 23.2 Å². The molecule has 0 aliphatic carbocycles. The number of nitro benzene ring substituents is 2. The summed E-state index contributed by atoms with van der Waals surface area (Å²) in [6, 6.07) is 11.6. The Morgan fingerprint density at radius 2 is 1.26 bits per heavy atom. The van der Waals surface area contributed by atoms with Crippen LogP contribution in [0.1, 0.15) is 25.0 Å². The van der Waals surface area contributed by atoms with E-state index in [0.717, 1.165) is 23.5 Å². The summed E-state index contributed by atoms with van der Waals surface area (Å²) < 4.78 is 1.03. The number of carbonyl (C=O) groups excluding carboxylic acids is 2. The number of hydrogen-bond donors (Lipinski definition) is 2. The third-order valence-corrected chi connectivity index (χ3v) is 7.91. The molecule has 0 spiro atoms. The third-order valence-electron chi connectivity index (χ3n) is 4.62. The number of carbonyl (C=O) groups is 2. The van der Waals surface area contributed by atoms with Crippen LogP contribution < -0.4 is 10.9 Å². The van der Waals surface area contributed by atoms with Gasteiger partial charge in [-0.25, -0.2) is 10.9 Å². The van der Waals surface area contributed by atoms with E-state index in [2.05, 4.69) is 31.3 Å². The molecule has 0 aliphatic rings. The van der Waals surface area contributed by atoms with Crippen molar-refractivity contribution in [3.8, 4) is 0 Å². The monoisotopic (exact) mass is 588 g/mol. The first-order chi connectivity index (χ1) is 18.6. The van der Waals surface area contributed by atoms with Crippen LogP contribution in [0, 0.1) is 20.2 Å². The molecule has 0 saturated carbocycles. The molecule has 14 nitrogen and oxygen atoms in total. The number of benzene rings is 2. The lowest BCUT2D eigenvalue weighted by molar-refractivity contribution is -0.385. The topological polar surface area (TPSA) is 195 Å². The third kappa shape index (κ3) is 9.24. The molecule has 39 heavy (non-hydrogen) atoms. The fraction of sp³-hybridized carbons (Fsp3) is 0.182. The molecule has 0 radical (unpaired) electrons. The largest absolute Gasteiger partial charge is 0.272 e. The van der Waals surface area contributed by atoms with Crippen LogP contribution in [-0.2, 0) is 9.59 Å². The normalized spacial score (nSPS) is 12.8. The molecule has 0 saturated heterocycles. The molecule has 0 aliphatic heterocycles. The average Bonchev–Trinajstić information content (AvgIpc) is 3.35. The van der Waals surface area contributed by atoms with E-state index in [1.54, 1.807) is 26.0 Å². The van der Waals surface area contributed by atoms with Crippen LogP contribution in [0.3, 0.4) is 0 Å². The van der Waals surface area contributed by atoms with E-state index in [9.17, 15) is 29.8 Å². The Bertz CT molecular complexity index is 1330. The molecule has 0 fully saturated rings. The Morgan fingerprint density at radius 3 is 1.64 bits per heavy atom. The van der Waals surface area contributed by atoms with Gasteiger partial charge >= 0.3 is 0 Å². The van der Waals surface area contributed by atoms with Gasteiger partial charge in [-0.2, -0.15) is 10.2 Å². The maximum atomic E-state index is 12.3. The van der Waals surface area contributed by atoms with Crippen molar-refractivity contribution < 1.29 is 19.4 Å². The van der Waals surface area contributed by atoms with Gasteiger partial charge in [0.15, 0.2) is 8.68 Å². The number of amides is 2. The number of nitro groups is 2. The first-order valence-corrected chi connectivity index (χ1v) is 13.5. The van der Waals surface area contributed by atoms with Crippen LogP contribution in [0.25, 0.3) is 0 Å². The minimum absolute atomic E-state index is 0.0841. The Labute approximate surface area is 233 Å². The molecule has 2 amide bonds. The van der Waals surface area contributed by atoms with Crippen LogP contribution in [0.5, 0.6) is 0 Å². The van der Waals surface area contributed by atoms with Crippen molar-refractivity contribution in [3.63, 3.8) is 0 Å². The molecular formula is C22H20N8O6S3. The zero-order chi connectivity index (χ0) is 28.4. The second-order valence-corrected chi connectivity index (χ2v) is 11.7. The smallest absolute Gasteiger partial charge is 0.270 e. The highest BCUT2D eigenvalue weighted by molar-refractivity contribution is 8.04. The Kier molecular flexibility index (Phi) is 10.6. The number of nitrogens with one attached hydrogen (secondary N) is 2. The predicted octanol–water partition coefficient (Wildman–Crippen LogP) is 3.62. The van der Waals surface area contributed by atoms with Gasteiger partial charge in [0.2, 0.25) is 0 Å². The fourth-order valence-corrected chi connectivity index (χ4v) is 5.96. The summed E-state index contributed by atoms with van der Waals surface area (Å²) in [5, 5.41) is 36.3. The van der Waals surface area contributed by atoms with Gasteiger partial charge in [-0.1, -0.05) is 59.1 Å². The lowest BCUT2D eigenvalue weighted by Gasteiger charge is -2.07. The maximum Gasteiger partial charge on any atom is 0.270 e. The van der Waals surface area contributed by atoms with Crippen molar-refractivity contribution in [2.75, 3.05) is 0 Å². The number of nitrogens with zero attached hydrogens (tertiary/aromatic N) is 6. The predicted molar refractivity (Wildman–Crippen MR) is 148 cm³/mol. The zero-order valence-corrected chi connectivity index (χ0v) is 22.7. The first kappa shape index (κ1) is 29.3. The number of non-ortho nitro benzene ring substituents is 2. The van der Waals surface area contributed by atoms with Crippen molar-refractivity contribution in [1.82, 2.24) is 21.0 Å². The molecule has 1 heterocycles. The molecule has 17 heteroatoms. The van der Waals surface area contributed by atoms with E-state index in [0.29, 0.717) is 19.8 Å². The number of thioether (sulfide) groups is 2. The molecule has 2 atom stereocenters. The summed E-state index contributed by atoms with van der Waals surface area (Å²) in [5.41, 5.74) is 5.53. The quantitative estimate of drug-likeness (QED) is 0.136. The van der Waals surface area contributed by atoms with Gasteiger partial charge in [-0.05, 0) is 13.8 Å². The molecular weight excluding hydrogens is 568 g/mol. The van der Waals surface area contributed by atoms with Gasteiger partial charge < -0.3 is 0 Å². The Morgan fingerprint density at radius 1 is 0.846 bits per heavy atom. The molecule has 3 aromatic rings. The van der Waals surface area contributed by atoms with E-state index in [1.807, 2.05) is 0 Å². The standard InChI is InChI=1S/C22H20N8O6S3/c1-13(19(31)25-23-11-15-5-3-7-17(9-15)29(33)34)37-21-27-28-22(39-21)38-14(2)20(32)26-24-12-16-6-4-8-18(10-16)30(35)36/h3-14H,1-2H3,(H,25,31)(H,26,32)/b23-11+,24-12+. The van der Waals surface area contributed by atoms with Crippen molar-refractivity contribution >= 4 is 70.5 Å². The molecule has 2 unspecified atom stereocenters. The van der Waals surface area contributed by atoms with Crippen LogP contribution in [0.4, 0.5) is 11.4 Å². The van der Waals surface area contributed by atoms with Crippen LogP contribution in [-0.4, -0.2) is 54.8 Å². The summed E-state index contributed by atoms with van der Waals surface area (Å²) >= 11 is 3.53. The minimum atomic E-state index is -0.568. The van der Waals surface area contributed by atoms with Gasteiger partial charge in [0.05, 0.1) is 32.8 Å². The highest BCUT2D eigenvalue weighted by Crippen LogP contribution is 2.33. The minimum Gasteiger partial charge on any atom is -0.272 e. The van der Waals surface area contributed by atoms with Gasteiger partial charge in [-0.15, -0.1) is 10.2 Å². The average molecular weight is 589 g/mol. The second-order valence-electron chi connectivity index (χ2n) is 7.53. The van der Waals surface area contributed by atoms with E-state index in [4.69, 9.17) is 0 Å². The Hall–Kier alpha value is -4.22. The first-order valence-electron chi connectivity index (χ1n) is 10.9. The zero-order valence-electron chi connectivity index (χ0n) is 20.3. The van der Waals surface area contributed by atoms with Gasteiger partial charge in [0.1, 0.15) is 0 Å². The SMILES string of the molecule is CC(Sc1nnc(SC(C)C(=O)N/N=C/c2cccc([N+](=O)[O-])c2)s1)C(=O)N/N=C/c1cccc([N+](=O)[O-])c1. The number of rotatable bonds is 12. The van der Waals surface area contributed by atoms with Crippen molar-refractivity contribution in [2.24, 2.45) is 10.2 Å². The lowest BCUT2D eigenvalue weighted by atomic mass is 10.2. The summed E-state index contributed by atoms with van der Waals surface area (Å²) in [6.45, 7) is 3.32. The van der Waals surface area contributed by atoms with Crippen molar-refractivity contribution in [2.45, 2.75) is 33.0 Å². The molecule has 202 valence electrons. The van der Waals surface area contributed by atoms with E-state index < -0.39 is 32.2 Å². The van der Waals surface area contributed by atoms with Crippen LogP contribution in [0.2, 0.25) is 0 Å². The summed E-state index contributed by atoms with van der Waals surface area (Å²) in [4.78, 5) is 45.3. The summed E-state index contributed by atoms with van der Waals surface area (Å²) in [5.74, 6) is -0.805. The second kappa shape index (κ2) is 14.1. The maximum absolute atomic E-state index is 12.3. The van der Waals surface area contributed by atoms with Gasteiger partial charge in [0, 0.05) is 35.4 Å². The summed E-state index contributed by atoms with van der Waals surface area (Å²) in [7, 11) is 0. The van der Waals surface area contributed by atoms with Crippen molar-refractivity contribution in [3.05, 3.63) is 79.9 Å². The number of hydrogen-bond acceptors (Lipinski definition) is 13. The van der Waals surface area contributed by atoms with E-state index in [1.165, 1.54) is 60.2 Å². The molecule has 2 aromatic carbocycles. The highest BCUT2D eigenvalue weighted by Gasteiger charge is 2.20.